The van der Waals surface area contributed by atoms with Gasteiger partial charge in [0.25, 0.3) is 5.56 Å². The summed E-state index contributed by atoms with van der Waals surface area (Å²) in [7, 11) is 1.35. The van der Waals surface area contributed by atoms with Crippen LogP contribution in [0.3, 0.4) is 0 Å². The fraction of sp³-hybridized carbons (Fsp3) is 0.0741. The van der Waals surface area contributed by atoms with Crippen molar-refractivity contribution in [2.45, 2.75) is 6.04 Å². The molecule has 6 heteroatoms. The maximum atomic E-state index is 13.4. The first-order chi connectivity index (χ1) is 16.1. The molecule has 162 valence electrons. The molecule has 5 nitrogen and oxygen atoms in total. The molecule has 0 saturated heterocycles. The summed E-state index contributed by atoms with van der Waals surface area (Å²) in [5.74, 6) is -0.391. The van der Waals surface area contributed by atoms with Crippen LogP contribution in [0.25, 0.3) is 11.8 Å². The van der Waals surface area contributed by atoms with Crippen molar-refractivity contribution < 1.29 is 9.53 Å². The van der Waals surface area contributed by atoms with Gasteiger partial charge in [0.1, 0.15) is 0 Å². The van der Waals surface area contributed by atoms with Gasteiger partial charge in [0, 0.05) is 0 Å². The smallest absolute Gasteiger partial charge is 0.337 e. The Morgan fingerprint density at radius 3 is 2.30 bits per heavy atom. The minimum Gasteiger partial charge on any atom is -0.465 e. The van der Waals surface area contributed by atoms with Crippen LogP contribution in [-0.4, -0.2) is 17.6 Å². The molecule has 0 saturated carbocycles. The third kappa shape index (κ3) is 4.08. The number of rotatable bonds is 4. The third-order valence-electron chi connectivity index (χ3n) is 5.49. The van der Waals surface area contributed by atoms with E-state index in [4.69, 9.17) is 9.73 Å². The van der Waals surface area contributed by atoms with E-state index >= 15 is 0 Å². The van der Waals surface area contributed by atoms with Crippen LogP contribution in [0.2, 0.25) is 0 Å². The average Bonchev–Trinajstić information content (AvgIpc) is 3.19. The fourth-order valence-corrected chi connectivity index (χ4v) is 4.84. The van der Waals surface area contributed by atoms with Crippen LogP contribution in [0.4, 0.5) is 0 Å². The van der Waals surface area contributed by atoms with Crippen LogP contribution < -0.4 is 14.9 Å². The van der Waals surface area contributed by atoms with Crippen molar-refractivity contribution in [2.24, 2.45) is 4.99 Å². The van der Waals surface area contributed by atoms with E-state index in [-0.39, 0.29) is 11.6 Å². The Bertz CT molecular complexity index is 1520. The highest BCUT2D eigenvalue weighted by Gasteiger charge is 2.22. The number of carbonyl (C=O) groups excluding carboxylic acids is 1. The molecule has 1 aliphatic rings. The van der Waals surface area contributed by atoms with Crippen LogP contribution in [0.15, 0.2) is 101 Å². The number of nitrogens with zero attached hydrogens (tertiary/aromatic N) is 2. The predicted octanol–water partition coefficient (Wildman–Crippen LogP) is 3.79. The Hall–Kier alpha value is -4.03. The second-order valence-electron chi connectivity index (χ2n) is 7.57. The summed E-state index contributed by atoms with van der Waals surface area (Å²) in [4.78, 5) is 30.6. The molecule has 1 atom stereocenters. The van der Waals surface area contributed by atoms with Crippen molar-refractivity contribution >= 4 is 29.1 Å². The van der Waals surface area contributed by atoms with Crippen LogP contribution in [0, 0.1) is 0 Å². The number of hydrogen-bond acceptors (Lipinski definition) is 5. The molecule has 0 bridgehead atoms. The number of thiazole rings is 1. The normalized spacial score (nSPS) is 15.4. The Morgan fingerprint density at radius 2 is 1.64 bits per heavy atom. The molecule has 1 aromatic heterocycles. The molecule has 0 unspecified atom stereocenters. The van der Waals surface area contributed by atoms with Crippen molar-refractivity contribution in [3.8, 4) is 0 Å². The molecule has 3 aromatic carbocycles. The molecule has 0 N–H and O–H groups in total. The monoisotopic (exact) mass is 452 g/mol. The first-order valence-electron chi connectivity index (χ1n) is 10.5. The summed E-state index contributed by atoms with van der Waals surface area (Å²) in [6.07, 6.45) is 3.87. The van der Waals surface area contributed by atoms with E-state index in [2.05, 4.69) is 0 Å². The summed E-state index contributed by atoms with van der Waals surface area (Å²) in [5.41, 5.74) is 4.08. The van der Waals surface area contributed by atoms with Crippen LogP contribution in [0.5, 0.6) is 0 Å². The van der Waals surface area contributed by atoms with Gasteiger partial charge in [0.2, 0.25) is 0 Å². The highest BCUT2D eigenvalue weighted by molar-refractivity contribution is 7.07. The van der Waals surface area contributed by atoms with Gasteiger partial charge in [-0.25, -0.2) is 9.79 Å². The Kier molecular flexibility index (Phi) is 5.59. The highest BCUT2D eigenvalue weighted by atomic mass is 32.1. The van der Waals surface area contributed by atoms with E-state index < -0.39 is 5.97 Å². The zero-order valence-electron chi connectivity index (χ0n) is 17.8. The number of allylic oxidation sites excluding steroid dienone is 1. The molecule has 4 aromatic rings. The van der Waals surface area contributed by atoms with Crippen molar-refractivity contribution in [3.05, 3.63) is 133 Å². The Labute approximate surface area is 194 Å². The molecular formula is C27H20N2O3S. The molecule has 0 spiro atoms. The first-order valence-corrected chi connectivity index (χ1v) is 11.3. The van der Waals surface area contributed by atoms with Gasteiger partial charge < -0.3 is 4.74 Å². The highest BCUT2D eigenvalue weighted by Crippen LogP contribution is 2.26. The van der Waals surface area contributed by atoms with E-state index in [1.807, 2.05) is 72.8 Å². The number of benzene rings is 3. The van der Waals surface area contributed by atoms with Gasteiger partial charge in [-0.15, -0.1) is 0 Å². The lowest BCUT2D eigenvalue weighted by Gasteiger charge is -2.19. The minimum absolute atomic E-state index is 0.0898. The molecular weight excluding hydrogens is 432 g/mol. The standard InChI is InChI=1S/C27H20N2O3S/c1-32-26(31)21-14-12-18(13-15-21)16-24-25(30)29-23(20-10-6-3-7-11-20)17-22(28-27(29)33-24)19-8-4-2-5-9-19/h2-17,23H,1H3/b24-16-/t23-/m1/s1. The third-order valence-corrected chi connectivity index (χ3v) is 6.47. The molecule has 0 fully saturated rings. The summed E-state index contributed by atoms with van der Waals surface area (Å²) >= 11 is 1.36. The van der Waals surface area contributed by atoms with Gasteiger partial charge in [-0.1, -0.05) is 84.1 Å². The van der Waals surface area contributed by atoms with E-state index in [1.54, 1.807) is 28.8 Å². The predicted molar refractivity (Wildman–Crippen MR) is 130 cm³/mol. The second-order valence-corrected chi connectivity index (χ2v) is 8.58. The molecule has 33 heavy (non-hydrogen) atoms. The summed E-state index contributed by atoms with van der Waals surface area (Å²) in [6, 6.07) is 26.7. The van der Waals surface area contributed by atoms with E-state index in [0.29, 0.717) is 14.9 Å². The topological polar surface area (TPSA) is 60.7 Å². The van der Waals surface area contributed by atoms with Crippen molar-refractivity contribution in [1.82, 2.24) is 4.57 Å². The second kappa shape index (κ2) is 8.84. The lowest BCUT2D eigenvalue weighted by molar-refractivity contribution is 0.0600. The van der Waals surface area contributed by atoms with Crippen LogP contribution in [-0.2, 0) is 4.74 Å². The van der Waals surface area contributed by atoms with E-state index in [9.17, 15) is 9.59 Å². The van der Waals surface area contributed by atoms with Crippen molar-refractivity contribution in [1.29, 1.82) is 0 Å². The molecule has 1 aliphatic heterocycles. The SMILES string of the molecule is COC(=O)c1ccc(/C=c2\sc3n(c2=O)[C@@H](c2ccccc2)C=C(c2ccccc2)N=3)cc1. The first kappa shape index (κ1) is 20.8. The maximum absolute atomic E-state index is 13.4. The summed E-state index contributed by atoms with van der Waals surface area (Å²) in [6.45, 7) is 0. The van der Waals surface area contributed by atoms with Gasteiger partial charge in [-0.05, 0) is 41.0 Å². The van der Waals surface area contributed by atoms with Crippen molar-refractivity contribution in [3.63, 3.8) is 0 Å². The maximum Gasteiger partial charge on any atom is 0.337 e. The zero-order valence-corrected chi connectivity index (χ0v) is 18.7. The van der Waals surface area contributed by atoms with Gasteiger partial charge in [0.15, 0.2) is 4.80 Å². The number of methoxy groups -OCH3 is 1. The largest absolute Gasteiger partial charge is 0.465 e. The molecule has 5 rings (SSSR count). The number of carbonyl (C=O) groups is 1. The number of fused-ring (bicyclic) bond motifs is 1. The zero-order chi connectivity index (χ0) is 22.8. The fourth-order valence-electron chi connectivity index (χ4n) is 3.82. The molecule has 2 heterocycles. The van der Waals surface area contributed by atoms with Gasteiger partial charge in [0.05, 0.1) is 28.9 Å². The molecule has 0 aliphatic carbocycles. The number of esters is 1. The molecule has 0 radical (unpaired) electrons. The van der Waals surface area contributed by atoms with Crippen LogP contribution in [0.1, 0.15) is 33.1 Å². The number of aromatic nitrogens is 1. The van der Waals surface area contributed by atoms with Gasteiger partial charge >= 0.3 is 5.97 Å². The van der Waals surface area contributed by atoms with Crippen LogP contribution >= 0.6 is 11.3 Å². The number of ether oxygens (including phenoxy) is 1. The quantitative estimate of drug-likeness (QED) is 0.443. The number of hydrogen-bond donors (Lipinski definition) is 0. The van der Waals surface area contributed by atoms with E-state index in [1.165, 1.54) is 18.4 Å². The van der Waals surface area contributed by atoms with Gasteiger partial charge in [-0.3, -0.25) is 9.36 Å². The average molecular weight is 453 g/mol. The lowest BCUT2D eigenvalue weighted by Crippen LogP contribution is -2.36. The van der Waals surface area contributed by atoms with Crippen molar-refractivity contribution in [2.75, 3.05) is 7.11 Å². The Morgan fingerprint density at radius 1 is 0.970 bits per heavy atom. The minimum atomic E-state index is -0.391. The van der Waals surface area contributed by atoms with E-state index in [0.717, 1.165) is 22.4 Å². The summed E-state index contributed by atoms with van der Waals surface area (Å²) in [5, 5.41) is 0. The van der Waals surface area contributed by atoms with Gasteiger partial charge in [-0.2, -0.15) is 0 Å². The lowest BCUT2D eigenvalue weighted by atomic mass is 10.0. The summed E-state index contributed by atoms with van der Waals surface area (Å²) < 4.78 is 7.09. The molecule has 0 amide bonds. The Balaban J connectivity index is 1.65.